The summed E-state index contributed by atoms with van der Waals surface area (Å²) in [5.41, 5.74) is 0.702. The number of hydrogen-bond acceptors (Lipinski definition) is 3. The van der Waals surface area contributed by atoms with E-state index in [9.17, 15) is 10.0 Å². The van der Waals surface area contributed by atoms with Crippen molar-refractivity contribution in [1.29, 1.82) is 0 Å². The van der Waals surface area contributed by atoms with Gasteiger partial charge in [0, 0.05) is 17.7 Å². The molecule has 0 aliphatic carbocycles. The Morgan fingerprint density at radius 3 is 2.38 bits per heavy atom. The first-order valence-electron chi connectivity index (χ1n) is 3.57. The van der Waals surface area contributed by atoms with Gasteiger partial charge in [-0.1, -0.05) is 15.9 Å². The van der Waals surface area contributed by atoms with Crippen LogP contribution in [0.15, 0.2) is 24.3 Å². The van der Waals surface area contributed by atoms with E-state index in [0.717, 1.165) is 0 Å². The second-order valence-corrected chi connectivity index (χ2v) is 3.00. The molecule has 1 atom stereocenters. The molecular formula is C8H8BrNO3. The predicted octanol–water partition coefficient (Wildman–Crippen LogP) is 0.668. The lowest BCUT2D eigenvalue weighted by Crippen LogP contribution is -2.99. The first-order chi connectivity index (χ1) is 6.15. The zero-order valence-electron chi connectivity index (χ0n) is 6.66. The van der Waals surface area contributed by atoms with Crippen molar-refractivity contribution in [3.63, 3.8) is 0 Å². The highest BCUT2D eigenvalue weighted by molar-refractivity contribution is 9.09. The topological polar surface area (TPSA) is 64.8 Å². The van der Waals surface area contributed by atoms with Crippen LogP contribution in [0, 0.1) is 5.21 Å². The number of quaternary nitrogens is 1. The second kappa shape index (κ2) is 4.48. The fraction of sp³-hybridized carbons (Fsp3) is 0.125. The summed E-state index contributed by atoms with van der Waals surface area (Å²) in [6, 6.07) is 5.84. The van der Waals surface area contributed by atoms with Gasteiger partial charge in [-0.25, -0.2) is 5.21 Å². The number of nitrogens with one attached hydrogen (secondary N) is 1. The van der Waals surface area contributed by atoms with Crippen LogP contribution in [0.5, 0.6) is 0 Å². The Morgan fingerprint density at radius 1 is 1.46 bits per heavy atom. The average Bonchev–Trinajstić information content (AvgIpc) is 2.17. The Balaban J connectivity index is 2.87. The second-order valence-electron chi connectivity index (χ2n) is 2.44. The molecule has 1 aromatic carbocycles. The van der Waals surface area contributed by atoms with Crippen LogP contribution >= 0.6 is 15.9 Å². The van der Waals surface area contributed by atoms with E-state index in [1.165, 1.54) is 24.3 Å². The zero-order valence-corrected chi connectivity index (χ0v) is 8.24. The largest absolute Gasteiger partial charge is 0.595 e. The van der Waals surface area contributed by atoms with Crippen LogP contribution in [0.4, 0.5) is 5.69 Å². The molecule has 5 heteroatoms. The minimum atomic E-state index is -0.988. The molecule has 0 aliphatic heterocycles. The molecule has 4 nitrogen and oxygen atoms in total. The average molecular weight is 246 g/mol. The quantitative estimate of drug-likeness (QED) is 0.468. The molecule has 0 spiro atoms. The van der Waals surface area contributed by atoms with Crippen LogP contribution in [-0.2, 0) is 0 Å². The lowest BCUT2D eigenvalue weighted by molar-refractivity contribution is -0.991. The van der Waals surface area contributed by atoms with E-state index in [-0.39, 0.29) is 16.8 Å². The molecule has 0 saturated carbocycles. The summed E-state index contributed by atoms with van der Waals surface area (Å²) in [6.45, 7) is 0. The molecule has 13 heavy (non-hydrogen) atoms. The number of rotatable bonds is 3. The summed E-state index contributed by atoms with van der Waals surface area (Å²) in [4.78, 5) is 11.1. The van der Waals surface area contributed by atoms with Crippen LogP contribution in [0.25, 0.3) is 0 Å². The number of benzene rings is 1. The number of ketones is 1. The molecule has 0 amide bonds. The normalized spacial score (nSPS) is 12.5. The highest BCUT2D eigenvalue weighted by Gasteiger charge is 2.05. The number of Topliss-reactive ketones (excluding diaryl/α,β-unsaturated/α-hetero) is 1. The highest BCUT2D eigenvalue weighted by Crippen LogP contribution is 2.06. The number of alkyl halides is 1. The molecule has 0 saturated heterocycles. The monoisotopic (exact) mass is 245 g/mol. The Bertz CT molecular complexity index is 297. The van der Waals surface area contributed by atoms with Gasteiger partial charge in [-0.15, -0.1) is 0 Å². The molecule has 0 radical (unpaired) electrons. The fourth-order valence-electron chi connectivity index (χ4n) is 0.876. The molecule has 0 aliphatic rings. The van der Waals surface area contributed by atoms with Crippen LogP contribution in [0.1, 0.15) is 10.4 Å². The number of carbonyl (C=O) groups excluding carboxylic acids is 1. The van der Waals surface area contributed by atoms with E-state index in [4.69, 9.17) is 5.21 Å². The van der Waals surface area contributed by atoms with E-state index in [0.29, 0.717) is 5.56 Å². The van der Waals surface area contributed by atoms with Gasteiger partial charge in [-0.2, -0.15) is 5.23 Å². The minimum Gasteiger partial charge on any atom is -0.595 e. The van der Waals surface area contributed by atoms with E-state index in [1.807, 2.05) is 0 Å². The first kappa shape index (κ1) is 10.3. The molecule has 0 aromatic heterocycles. The van der Waals surface area contributed by atoms with Gasteiger partial charge in [0.25, 0.3) is 0 Å². The Morgan fingerprint density at radius 2 is 2.00 bits per heavy atom. The van der Waals surface area contributed by atoms with Gasteiger partial charge in [0.1, 0.15) is 0 Å². The summed E-state index contributed by atoms with van der Waals surface area (Å²) in [5.74, 6) is -0.0584. The summed E-state index contributed by atoms with van der Waals surface area (Å²) >= 11 is 3.03. The maximum Gasteiger partial charge on any atom is 0.173 e. The van der Waals surface area contributed by atoms with Crippen LogP contribution in [0.2, 0.25) is 0 Å². The third kappa shape index (κ3) is 2.60. The van der Waals surface area contributed by atoms with E-state index >= 15 is 0 Å². The van der Waals surface area contributed by atoms with Gasteiger partial charge in [-0.05, 0) is 12.1 Å². The van der Waals surface area contributed by atoms with Crippen molar-refractivity contribution in [2.24, 2.45) is 0 Å². The van der Waals surface area contributed by atoms with Crippen LogP contribution in [-0.4, -0.2) is 16.3 Å². The third-order valence-corrected chi connectivity index (χ3v) is 2.08. The van der Waals surface area contributed by atoms with Crippen molar-refractivity contribution in [2.75, 3.05) is 5.33 Å². The zero-order chi connectivity index (χ0) is 9.84. The number of hydrogen-bond donors (Lipinski definition) is 2. The summed E-state index contributed by atoms with van der Waals surface area (Å²) < 4.78 is 0. The van der Waals surface area contributed by atoms with Gasteiger partial charge in [-0.3, -0.25) is 4.79 Å². The summed E-state index contributed by atoms with van der Waals surface area (Å²) in [7, 11) is 0. The smallest absolute Gasteiger partial charge is 0.173 e. The van der Waals surface area contributed by atoms with Crippen molar-refractivity contribution in [3.05, 3.63) is 35.0 Å². The molecule has 0 bridgehead atoms. The molecule has 1 unspecified atom stereocenters. The lowest BCUT2D eigenvalue weighted by atomic mass is 10.1. The van der Waals surface area contributed by atoms with Crippen LogP contribution < -0.4 is 5.23 Å². The van der Waals surface area contributed by atoms with Crippen molar-refractivity contribution in [1.82, 2.24) is 0 Å². The SMILES string of the molecule is O=C(CBr)c1ccc([NH+]([O-])O)cc1. The van der Waals surface area contributed by atoms with E-state index in [1.54, 1.807) is 0 Å². The Kier molecular flexibility index (Phi) is 3.56. The lowest BCUT2D eigenvalue weighted by Gasteiger charge is -2.10. The molecule has 0 fully saturated rings. The van der Waals surface area contributed by atoms with Gasteiger partial charge < -0.3 is 5.21 Å². The van der Waals surface area contributed by atoms with E-state index in [2.05, 4.69) is 15.9 Å². The van der Waals surface area contributed by atoms with Gasteiger partial charge >= 0.3 is 0 Å². The fourth-order valence-corrected chi connectivity index (χ4v) is 1.20. The number of carbonyl (C=O) groups is 1. The Hall–Kier alpha value is -0.750. The third-order valence-electron chi connectivity index (χ3n) is 1.58. The molecule has 0 heterocycles. The summed E-state index contributed by atoms with van der Waals surface area (Å²) in [5, 5.41) is 18.3. The van der Waals surface area contributed by atoms with Crippen molar-refractivity contribution < 1.29 is 15.2 Å². The first-order valence-corrected chi connectivity index (χ1v) is 4.70. The Labute approximate surface area is 83.4 Å². The molecule has 70 valence electrons. The summed E-state index contributed by atoms with van der Waals surface area (Å²) in [6.07, 6.45) is 0. The number of halogens is 1. The van der Waals surface area contributed by atoms with Crippen molar-refractivity contribution in [2.45, 2.75) is 0 Å². The van der Waals surface area contributed by atoms with Gasteiger partial charge in [0.2, 0.25) is 0 Å². The minimum absolute atomic E-state index is 0.0584. The van der Waals surface area contributed by atoms with Gasteiger partial charge in [0.15, 0.2) is 11.5 Å². The molecule has 1 rings (SSSR count). The molecule has 2 N–H and O–H groups in total. The van der Waals surface area contributed by atoms with Crippen molar-refractivity contribution >= 4 is 27.4 Å². The van der Waals surface area contributed by atoms with Gasteiger partial charge in [0.05, 0.1) is 5.33 Å². The molecule has 1 aromatic rings. The van der Waals surface area contributed by atoms with Crippen LogP contribution in [0.3, 0.4) is 0 Å². The maximum atomic E-state index is 11.1. The highest BCUT2D eigenvalue weighted by atomic mass is 79.9. The van der Waals surface area contributed by atoms with Crippen molar-refractivity contribution in [3.8, 4) is 0 Å². The maximum absolute atomic E-state index is 11.1. The predicted molar refractivity (Wildman–Crippen MR) is 50.3 cm³/mol. The standard InChI is InChI=1S/C8H8BrNO3/c9-5-8(11)6-1-3-7(4-2-6)10(12)13/h1-4,10,12H,5H2. The van der Waals surface area contributed by atoms with E-state index < -0.39 is 5.23 Å². The molecular weight excluding hydrogens is 238 g/mol.